The standard InChI is InChI=1S/C12H18O.6CO.2Co/c1-5-7-10-8-11(3,4)9-12(10,13)6-2;6*1-2;;/h2,5,10,13H,1,7-9H2,3-4H3;;;;;;;;/t10-,12-;;;;;;;;/m0......../s1. The van der Waals surface area contributed by atoms with Crippen molar-refractivity contribution in [3.8, 4) is 12.3 Å². The van der Waals surface area contributed by atoms with Crippen LogP contribution in [0.15, 0.2) is 12.7 Å². The van der Waals surface area contributed by atoms with Crippen LogP contribution in [0.3, 0.4) is 0 Å². The van der Waals surface area contributed by atoms with E-state index in [1.165, 1.54) is 0 Å². The third kappa shape index (κ3) is 27.0. The van der Waals surface area contributed by atoms with Crippen LogP contribution in [-0.2, 0) is 61.5 Å². The Morgan fingerprint density at radius 3 is 1.48 bits per heavy atom. The minimum absolute atomic E-state index is 0. The van der Waals surface area contributed by atoms with Crippen molar-refractivity contribution in [2.45, 2.75) is 38.7 Å². The molecule has 0 bridgehead atoms. The van der Waals surface area contributed by atoms with E-state index in [-0.39, 0.29) is 44.9 Å². The Labute approximate surface area is 181 Å². The molecule has 9 heteroatoms. The van der Waals surface area contributed by atoms with Gasteiger partial charge >= 0.3 is 67.8 Å². The smallest absolute Gasteiger partial charge is 0 e. The quantitative estimate of drug-likeness (QED) is 0.285. The van der Waals surface area contributed by atoms with E-state index < -0.39 is 5.60 Å². The van der Waals surface area contributed by atoms with E-state index in [2.05, 4.69) is 66.2 Å². The van der Waals surface area contributed by atoms with Gasteiger partial charge in [0.15, 0.2) is 0 Å². The fourth-order valence-electron chi connectivity index (χ4n) is 2.43. The zero-order chi connectivity index (χ0) is 22.1. The Hall–Kier alpha value is -1.29. The SMILES string of the molecule is C#C[C@]1(O)CC(C)(C)C[C@@H]1CC=C.[C-]#[O+].[C-]#[O+].[C-]#[O+].[C-]#[O+].[C-]#[O+].[C-]#[O+].[Co].[Co]. The van der Waals surface area contributed by atoms with E-state index in [0.717, 1.165) is 12.8 Å². The van der Waals surface area contributed by atoms with Crippen LogP contribution in [0.25, 0.3) is 0 Å². The van der Waals surface area contributed by atoms with Gasteiger partial charge in [0.2, 0.25) is 0 Å². The molecule has 2 atom stereocenters. The first-order valence-electron chi connectivity index (χ1n) is 5.97. The van der Waals surface area contributed by atoms with Crippen molar-refractivity contribution in [1.29, 1.82) is 0 Å². The fourth-order valence-corrected chi connectivity index (χ4v) is 2.43. The van der Waals surface area contributed by atoms with Crippen LogP contribution in [0, 0.1) is 63.6 Å². The number of hydrogen-bond donors (Lipinski definition) is 1. The maximum Gasteiger partial charge on any atom is 0 e. The Morgan fingerprint density at radius 1 is 0.963 bits per heavy atom. The van der Waals surface area contributed by atoms with E-state index in [9.17, 15) is 5.11 Å². The maximum atomic E-state index is 10.1. The summed E-state index contributed by atoms with van der Waals surface area (Å²) >= 11 is 0. The zero-order valence-electron chi connectivity index (χ0n) is 14.6. The zero-order valence-corrected chi connectivity index (χ0v) is 16.7. The predicted molar refractivity (Wildman–Crippen MR) is 78.7 cm³/mol. The van der Waals surface area contributed by atoms with Crippen LogP contribution in [-0.4, -0.2) is 10.7 Å². The summed E-state index contributed by atoms with van der Waals surface area (Å²) < 4.78 is 45.0. The summed E-state index contributed by atoms with van der Waals surface area (Å²) in [7, 11) is 0. The second kappa shape index (κ2) is 39.7. The molecule has 0 aromatic carbocycles. The summed E-state index contributed by atoms with van der Waals surface area (Å²) in [5, 5.41) is 10.1. The van der Waals surface area contributed by atoms with Gasteiger partial charge in [-0.2, -0.15) is 0 Å². The topological polar surface area (TPSA) is 140 Å². The average molecular weight is 464 g/mol. The number of terminal acetylenes is 1. The van der Waals surface area contributed by atoms with Crippen LogP contribution in [0.5, 0.6) is 0 Å². The predicted octanol–water partition coefficient (Wildman–Crippen LogP) is 2.13. The third-order valence-electron chi connectivity index (χ3n) is 2.92. The second-order valence-corrected chi connectivity index (χ2v) is 4.84. The summed E-state index contributed by atoms with van der Waals surface area (Å²) in [5.41, 5.74) is -0.744. The summed E-state index contributed by atoms with van der Waals surface area (Å²) in [6.45, 7) is 35.0. The molecular weight excluding hydrogens is 446 g/mol. The molecule has 0 saturated heterocycles. The summed E-state index contributed by atoms with van der Waals surface area (Å²) in [5.74, 6) is 2.72. The molecule has 1 fully saturated rings. The first-order valence-corrected chi connectivity index (χ1v) is 5.97. The number of aliphatic hydroxyl groups is 1. The minimum Gasteiger partial charge on any atom is 0 e. The van der Waals surface area contributed by atoms with Crippen molar-refractivity contribution >= 4 is 0 Å². The number of allylic oxidation sites excluding steroid dienone is 1. The summed E-state index contributed by atoms with van der Waals surface area (Å²) in [4.78, 5) is 0. The van der Waals surface area contributed by atoms with E-state index in [0.29, 0.717) is 6.42 Å². The van der Waals surface area contributed by atoms with E-state index in [1.807, 2.05) is 6.08 Å². The molecule has 0 amide bonds. The van der Waals surface area contributed by atoms with Gasteiger partial charge in [-0.25, -0.2) is 0 Å². The molecule has 7 nitrogen and oxygen atoms in total. The van der Waals surface area contributed by atoms with Crippen molar-refractivity contribution < 1.29 is 66.6 Å². The van der Waals surface area contributed by atoms with Crippen LogP contribution >= 0.6 is 0 Å². The van der Waals surface area contributed by atoms with Gasteiger partial charge in [0.25, 0.3) is 0 Å². The molecule has 1 aliphatic carbocycles. The molecule has 150 valence electrons. The normalized spacial score (nSPS) is 18.2. The molecule has 2 radical (unpaired) electrons. The second-order valence-electron chi connectivity index (χ2n) is 4.84. The fraction of sp³-hybridized carbons (Fsp3) is 0.444. The van der Waals surface area contributed by atoms with Crippen LogP contribution < -0.4 is 0 Å². The van der Waals surface area contributed by atoms with Gasteiger partial charge in [-0.05, 0) is 24.7 Å². The van der Waals surface area contributed by atoms with E-state index in [4.69, 9.17) is 34.3 Å². The van der Waals surface area contributed by atoms with Crippen molar-refractivity contribution in [2.75, 3.05) is 0 Å². The number of hydrogen-bond acceptors (Lipinski definition) is 1. The van der Waals surface area contributed by atoms with Gasteiger partial charge in [-0.15, -0.1) is 13.0 Å². The van der Waals surface area contributed by atoms with Crippen molar-refractivity contribution in [1.82, 2.24) is 0 Å². The van der Waals surface area contributed by atoms with Gasteiger partial charge in [0.05, 0.1) is 0 Å². The van der Waals surface area contributed by atoms with Gasteiger partial charge in [0, 0.05) is 39.5 Å². The maximum absolute atomic E-state index is 10.1. The van der Waals surface area contributed by atoms with Gasteiger partial charge in [-0.1, -0.05) is 25.8 Å². The van der Waals surface area contributed by atoms with Gasteiger partial charge in [0.1, 0.15) is 5.60 Å². The molecular formula is C18H18Co2O7. The third-order valence-corrected chi connectivity index (χ3v) is 2.92. The molecule has 1 N–H and O–H groups in total. The Morgan fingerprint density at radius 2 is 1.26 bits per heavy atom. The molecule has 0 unspecified atom stereocenters. The minimum atomic E-state index is -0.905. The van der Waals surface area contributed by atoms with Crippen molar-refractivity contribution in [2.24, 2.45) is 11.3 Å². The summed E-state index contributed by atoms with van der Waals surface area (Å²) in [6.07, 6.45) is 9.72. The molecule has 1 aliphatic rings. The van der Waals surface area contributed by atoms with Gasteiger partial charge in [-0.3, -0.25) is 0 Å². The molecule has 1 saturated carbocycles. The van der Waals surface area contributed by atoms with Crippen molar-refractivity contribution in [3.05, 3.63) is 52.6 Å². The van der Waals surface area contributed by atoms with E-state index in [1.54, 1.807) is 0 Å². The Bertz CT molecular complexity index is 435. The van der Waals surface area contributed by atoms with Crippen molar-refractivity contribution in [3.63, 3.8) is 0 Å². The molecule has 0 heterocycles. The molecule has 0 aromatic rings. The average Bonchev–Trinajstić information content (AvgIpc) is 2.94. The van der Waals surface area contributed by atoms with Crippen LogP contribution in [0.4, 0.5) is 0 Å². The first kappa shape index (κ1) is 50.1. The van der Waals surface area contributed by atoms with Gasteiger partial charge < -0.3 is 5.11 Å². The monoisotopic (exact) mass is 464 g/mol. The largest absolute Gasteiger partial charge is 0 e. The van der Waals surface area contributed by atoms with E-state index >= 15 is 0 Å². The molecule has 0 aliphatic heterocycles. The molecule has 27 heavy (non-hydrogen) atoms. The Kier molecular flexibility index (Phi) is 73.6. The Balaban J connectivity index is -0.0000000370. The summed E-state index contributed by atoms with van der Waals surface area (Å²) in [6, 6.07) is 0. The molecule has 0 spiro atoms. The first-order chi connectivity index (χ1) is 11.9. The number of rotatable bonds is 2. The van der Waals surface area contributed by atoms with Crippen LogP contribution in [0.2, 0.25) is 0 Å². The molecule has 1 rings (SSSR count). The van der Waals surface area contributed by atoms with Crippen LogP contribution in [0.1, 0.15) is 33.1 Å². The molecule has 0 aromatic heterocycles.